The normalized spacial score (nSPS) is 24.4. The summed E-state index contributed by atoms with van der Waals surface area (Å²) >= 11 is 0. The van der Waals surface area contributed by atoms with Gasteiger partial charge in [0.1, 0.15) is 0 Å². The van der Waals surface area contributed by atoms with Crippen molar-refractivity contribution in [3.05, 3.63) is 77.7 Å². The van der Waals surface area contributed by atoms with Gasteiger partial charge in [0.2, 0.25) is 0 Å². The molecule has 0 amide bonds. The van der Waals surface area contributed by atoms with Crippen LogP contribution in [0.5, 0.6) is 0 Å². The van der Waals surface area contributed by atoms with Gasteiger partial charge >= 0.3 is 0 Å². The van der Waals surface area contributed by atoms with Gasteiger partial charge in [-0.15, -0.1) is 0 Å². The summed E-state index contributed by atoms with van der Waals surface area (Å²) in [4.78, 5) is 12.0. The van der Waals surface area contributed by atoms with Crippen molar-refractivity contribution in [2.45, 2.75) is 56.7 Å². The van der Waals surface area contributed by atoms with Crippen molar-refractivity contribution in [2.24, 2.45) is 0 Å². The van der Waals surface area contributed by atoms with Gasteiger partial charge in [0.15, 0.2) is 5.78 Å². The van der Waals surface area contributed by atoms with Crippen LogP contribution in [-0.2, 0) is 39.1 Å². The van der Waals surface area contributed by atoms with Crippen molar-refractivity contribution in [3.8, 4) is 0 Å². The molecule has 1 fully saturated rings. The molecule has 2 unspecified atom stereocenters. The Hall–Kier alpha value is -0.866. The average molecular weight is 440 g/mol. The molecule has 4 heteroatoms. The van der Waals surface area contributed by atoms with E-state index in [1.165, 1.54) is 0 Å². The van der Waals surface area contributed by atoms with Crippen molar-refractivity contribution < 1.29 is 47.7 Å². The maximum atomic E-state index is 12.0. The Bertz CT molecular complexity index is 739. The van der Waals surface area contributed by atoms with Gasteiger partial charge in [0, 0.05) is 63.0 Å². The van der Waals surface area contributed by atoms with E-state index in [2.05, 4.69) is 6.92 Å². The maximum absolute atomic E-state index is 12.0. The smallest absolute Gasteiger partial charge is 0.162 e. The van der Waals surface area contributed by atoms with Crippen LogP contribution in [0.4, 0.5) is 0 Å². The summed E-state index contributed by atoms with van der Waals surface area (Å²) in [6.45, 7) is 5.88. The topological polar surface area (TPSA) is 57.5 Å². The molecule has 2 N–H and O–H groups in total. The molecule has 4 atom stereocenters. The minimum atomic E-state index is -0.597. The predicted octanol–water partition coefficient (Wildman–Crippen LogP) is 4.04. The van der Waals surface area contributed by atoms with Crippen LogP contribution in [0, 0.1) is 6.92 Å². The molecule has 1 aliphatic carbocycles. The van der Waals surface area contributed by atoms with E-state index >= 15 is 0 Å². The van der Waals surface area contributed by atoms with E-state index < -0.39 is 12.2 Å². The Morgan fingerprint density at radius 3 is 1.89 bits per heavy atom. The summed E-state index contributed by atoms with van der Waals surface area (Å²) in [6, 6.07) is 15.6. The summed E-state index contributed by atoms with van der Waals surface area (Å²) < 4.78 is 0. The van der Waals surface area contributed by atoms with Gasteiger partial charge < -0.3 is 17.1 Å². The molecule has 0 aromatic heterocycles. The van der Waals surface area contributed by atoms with E-state index in [-0.39, 0.29) is 50.3 Å². The van der Waals surface area contributed by atoms with E-state index in [0.717, 1.165) is 29.5 Å². The van der Waals surface area contributed by atoms with E-state index in [9.17, 15) is 15.0 Å². The zero-order valence-corrected chi connectivity index (χ0v) is 18.7. The zero-order valence-electron chi connectivity index (χ0n) is 15.8. The largest absolute Gasteiger partial charge is 0.392 e. The molecule has 0 bridgehead atoms. The monoisotopic (exact) mass is 440 g/mol. The molecule has 0 saturated heterocycles. The Morgan fingerprint density at radius 1 is 0.963 bits per heavy atom. The van der Waals surface area contributed by atoms with Crippen molar-refractivity contribution in [2.75, 3.05) is 0 Å². The van der Waals surface area contributed by atoms with E-state index in [1.54, 1.807) is 0 Å². The van der Waals surface area contributed by atoms with Gasteiger partial charge in [-0.1, -0.05) is 61.0 Å². The summed E-state index contributed by atoms with van der Waals surface area (Å²) in [5, 5.41) is 21.1. The molecular formula is C23H27O3Y-. The fourth-order valence-electron chi connectivity index (χ4n) is 4.05. The Kier molecular flexibility index (Phi) is 8.36. The van der Waals surface area contributed by atoms with Gasteiger partial charge in [-0.3, -0.25) is 4.79 Å². The van der Waals surface area contributed by atoms with Gasteiger partial charge in [-0.05, 0) is 17.5 Å². The number of aliphatic hydroxyl groups is 2. The molecule has 2 aromatic rings. The number of hydrogen-bond acceptors (Lipinski definition) is 3. The van der Waals surface area contributed by atoms with E-state index in [4.69, 9.17) is 0 Å². The fraction of sp³-hybridized carbons (Fsp3) is 0.391. The van der Waals surface area contributed by atoms with Crippen LogP contribution in [0.15, 0.2) is 48.5 Å². The standard InChI is InChI=1S/C23H27O3.Y/c1-3-5-19(24)16-10-12-18(13-11-16)23-21(26)14-20(25)22(23)17-8-6-15(4-2)7-9-17;/h6-13,20-23,25-26H,2-5,14H2,1H3;/q-1;/t20-,21-,22?,23?;/m1./s1. The SMILES string of the molecule is [CH2-]Cc1ccc(C2C(c3ccc(C(=O)CCC)cc3)[C@H](O)C[C@H]2O)cc1.[Y]. The summed E-state index contributed by atoms with van der Waals surface area (Å²) in [5.41, 5.74) is 3.85. The van der Waals surface area contributed by atoms with Crippen molar-refractivity contribution in [1.82, 2.24) is 0 Å². The van der Waals surface area contributed by atoms with Gasteiger partial charge in [-0.25, -0.2) is 0 Å². The van der Waals surface area contributed by atoms with Crippen molar-refractivity contribution >= 4 is 5.78 Å². The fourth-order valence-corrected chi connectivity index (χ4v) is 4.05. The first kappa shape index (κ1) is 22.4. The quantitative estimate of drug-likeness (QED) is 0.527. The van der Waals surface area contributed by atoms with E-state index in [0.29, 0.717) is 18.4 Å². The first-order valence-electron chi connectivity index (χ1n) is 9.42. The molecule has 1 aliphatic rings. The Labute approximate surface area is 187 Å². The first-order chi connectivity index (χ1) is 12.5. The molecule has 3 rings (SSSR count). The Balaban J connectivity index is 0.00000261. The second kappa shape index (κ2) is 10.1. The minimum Gasteiger partial charge on any atom is -0.392 e. The van der Waals surface area contributed by atoms with Crippen LogP contribution in [-0.4, -0.2) is 28.2 Å². The number of hydrogen-bond donors (Lipinski definition) is 2. The third-order valence-corrected chi connectivity index (χ3v) is 5.45. The number of carbonyl (C=O) groups excluding carboxylic acids is 1. The molecule has 0 aliphatic heterocycles. The average Bonchev–Trinajstić information content (AvgIpc) is 2.96. The summed E-state index contributed by atoms with van der Waals surface area (Å²) in [7, 11) is 0. The molecule has 1 saturated carbocycles. The van der Waals surface area contributed by atoms with Crippen LogP contribution < -0.4 is 0 Å². The van der Waals surface area contributed by atoms with Crippen LogP contribution in [0.3, 0.4) is 0 Å². The van der Waals surface area contributed by atoms with Crippen molar-refractivity contribution in [3.63, 3.8) is 0 Å². The molecule has 0 spiro atoms. The number of carbonyl (C=O) groups is 1. The minimum absolute atomic E-state index is 0. The molecule has 3 nitrogen and oxygen atoms in total. The van der Waals surface area contributed by atoms with Crippen LogP contribution >= 0.6 is 0 Å². The van der Waals surface area contributed by atoms with Gasteiger partial charge in [0.25, 0.3) is 0 Å². The van der Waals surface area contributed by atoms with Crippen LogP contribution in [0.2, 0.25) is 0 Å². The van der Waals surface area contributed by atoms with E-state index in [1.807, 2.05) is 55.5 Å². The predicted molar refractivity (Wildman–Crippen MR) is 103 cm³/mol. The van der Waals surface area contributed by atoms with Crippen molar-refractivity contribution in [1.29, 1.82) is 0 Å². The number of ketones is 1. The number of rotatable bonds is 6. The molecule has 141 valence electrons. The number of aliphatic hydroxyl groups excluding tert-OH is 2. The van der Waals surface area contributed by atoms with Crippen LogP contribution in [0.25, 0.3) is 0 Å². The second-order valence-electron chi connectivity index (χ2n) is 7.21. The summed E-state index contributed by atoms with van der Waals surface area (Å²) in [6.07, 6.45) is 1.29. The number of Topliss-reactive ketones (excluding diaryl/α,β-unsaturated/α-hetero) is 1. The first-order valence-corrected chi connectivity index (χ1v) is 9.42. The molecule has 2 aromatic carbocycles. The second-order valence-corrected chi connectivity index (χ2v) is 7.21. The molecular weight excluding hydrogens is 413 g/mol. The molecule has 27 heavy (non-hydrogen) atoms. The van der Waals surface area contributed by atoms with Crippen LogP contribution in [0.1, 0.15) is 65.1 Å². The third-order valence-electron chi connectivity index (χ3n) is 5.45. The summed E-state index contributed by atoms with van der Waals surface area (Å²) in [5.74, 6) is -0.182. The third kappa shape index (κ3) is 4.95. The zero-order chi connectivity index (χ0) is 18.7. The maximum Gasteiger partial charge on any atom is 0.162 e. The van der Waals surface area contributed by atoms with Gasteiger partial charge in [-0.2, -0.15) is 6.42 Å². The Morgan fingerprint density at radius 2 is 1.44 bits per heavy atom. The number of benzene rings is 2. The van der Waals surface area contributed by atoms with Gasteiger partial charge in [0.05, 0.1) is 12.2 Å². The molecule has 1 radical (unpaired) electrons. The molecule has 0 heterocycles.